The zero-order valence-corrected chi connectivity index (χ0v) is 8.39. The normalized spacial score (nSPS) is 28.4. The van der Waals surface area contributed by atoms with Gasteiger partial charge in [-0.05, 0) is 32.1 Å². The van der Waals surface area contributed by atoms with Gasteiger partial charge in [0.2, 0.25) is 0 Å². The minimum Gasteiger partial charge on any atom is -0.394 e. The molecule has 0 saturated heterocycles. The molecule has 2 saturated carbocycles. The molecule has 2 N–H and O–H groups in total. The van der Waals surface area contributed by atoms with E-state index in [1.165, 1.54) is 51.4 Å². The second-order valence-corrected chi connectivity index (χ2v) is 4.77. The van der Waals surface area contributed by atoms with E-state index in [-0.39, 0.29) is 5.54 Å². The van der Waals surface area contributed by atoms with Crippen LogP contribution in [-0.4, -0.2) is 23.3 Å². The molecular formula is C11H21NO. The Hall–Kier alpha value is -0.0800. The molecule has 0 atom stereocenters. The van der Waals surface area contributed by atoms with Crippen molar-refractivity contribution in [3.8, 4) is 0 Å². The van der Waals surface area contributed by atoms with Crippen LogP contribution >= 0.6 is 0 Å². The fraction of sp³-hybridized carbons (Fsp3) is 1.00. The number of hydrogen-bond acceptors (Lipinski definition) is 2. The van der Waals surface area contributed by atoms with E-state index in [0.717, 1.165) is 0 Å². The Kier molecular flexibility index (Phi) is 2.89. The summed E-state index contributed by atoms with van der Waals surface area (Å²) in [6.07, 6.45) is 10.5. The molecule has 2 nitrogen and oxygen atoms in total. The zero-order chi connectivity index (χ0) is 9.15. The van der Waals surface area contributed by atoms with E-state index in [2.05, 4.69) is 5.32 Å². The van der Waals surface area contributed by atoms with Gasteiger partial charge in [-0.15, -0.1) is 0 Å². The largest absolute Gasteiger partial charge is 0.394 e. The van der Waals surface area contributed by atoms with E-state index in [4.69, 9.17) is 0 Å². The van der Waals surface area contributed by atoms with Gasteiger partial charge in [-0.1, -0.05) is 19.3 Å². The third-order valence-electron chi connectivity index (χ3n) is 3.73. The van der Waals surface area contributed by atoms with Gasteiger partial charge in [0, 0.05) is 11.6 Å². The third kappa shape index (κ3) is 2.05. The quantitative estimate of drug-likeness (QED) is 0.699. The second kappa shape index (κ2) is 3.97. The van der Waals surface area contributed by atoms with E-state index >= 15 is 0 Å². The van der Waals surface area contributed by atoms with Crippen molar-refractivity contribution >= 4 is 0 Å². The van der Waals surface area contributed by atoms with Crippen molar-refractivity contribution < 1.29 is 5.11 Å². The summed E-state index contributed by atoms with van der Waals surface area (Å²) in [7, 11) is 0. The topological polar surface area (TPSA) is 32.3 Å². The first kappa shape index (κ1) is 9.47. The molecule has 0 unspecified atom stereocenters. The molecule has 2 heteroatoms. The van der Waals surface area contributed by atoms with Gasteiger partial charge in [0.25, 0.3) is 0 Å². The highest BCUT2D eigenvalue weighted by Crippen LogP contribution is 2.33. The highest BCUT2D eigenvalue weighted by atomic mass is 16.3. The van der Waals surface area contributed by atoms with Crippen LogP contribution in [0.15, 0.2) is 0 Å². The molecule has 0 aromatic heterocycles. The van der Waals surface area contributed by atoms with E-state index < -0.39 is 0 Å². The molecule has 2 aliphatic rings. The number of aliphatic hydroxyl groups excluding tert-OH is 1. The molecule has 13 heavy (non-hydrogen) atoms. The van der Waals surface area contributed by atoms with Crippen molar-refractivity contribution in [1.29, 1.82) is 0 Å². The summed E-state index contributed by atoms with van der Waals surface area (Å²) in [4.78, 5) is 0. The molecule has 0 radical (unpaired) electrons. The van der Waals surface area contributed by atoms with Gasteiger partial charge >= 0.3 is 0 Å². The van der Waals surface area contributed by atoms with Crippen LogP contribution in [0.2, 0.25) is 0 Å². The predicted molar refractivity (Wildman–Crippen MR) is 53.7 cm³/mol. The summed E-state index contributed by atoms with van der Waals surface area (Å²) in [5.41, 5.74) is 0.127. The Bertz CT molecular complexity index is 154. The molecule has 0 spiro atoms. The molecule has 0 aromatic carbocycles. The minimum absolute atomic E-state index is 0.127. The Labute approximate surface area is 80.7 Å². The number of hydrogen-bond donors (Lipinski definition) is 2. The van der Waals surface area contributed by atoms with Crippen LogP contribution in [0.4, 0.5) is 0 Å². The molecule has 0 amide bonds. The molecule has 2 fully saturated rings. The standard InChI is InChI=1S/C11H21NO/c13-9-11(7-4-8-11)12-10-5-2-1-3-6-10/h10,12-13H,1-9H2. The highest BCUT2D eigenvalue weighted by Gasteiger charge is 2.37. The van der Waals surface area contributed by atoms with E-state index in [1.807, 2.05) is 0 Å². The summed E-state index contributed by atoms with van der Waals surface area (Å²) in [6.45, 7) is 0.337. The van der Waals surface area contributed by atoms with Gasteiger partial charge in [-0.2, -0.15) is 0 Å². The average Bonchev–Trinajstić information content (AvgIpc) is 2.13. The maximum absolute atomic E-state index is 9.30. The monoisotopic (exact) mass is 183 g/mol. The first-order chi connectivity index (χ1) is 6.35. The maximum atomic E-state index is 9.30. The molecule has 0 aromatic rings. The van der Waals surface area contributed by atoms with Gasteiger partial charge < -0.3 is 10.4 Å². The Morgan fingerprint density at radius 2 is 1.77 bits per heavy atom. The van der Waals surface area contributed by atoms with Gasteiger partial charge in [0.1, 0.15) is 0 Å². The van der Waals surface area contributed by atoms with Crippen LogP contribution in [0.1, 0.15) is 51.4 Å². The lowest BCUT2D eigenvalue weighted by Gasteiger charge is -2.44. The average molecular weight is 183 g/mol. The second-order valence-electron chi connectivity index (χ2n) is 4.77. The van der Waals surface area contributed by atoms with Gasteiger partial charge in [-0.3, -0.25) is 0 Å². The van der Waals surface area contributed by atoms with E-state index in [9.17, 15) is 5.11 Å². The lowest BCUT2D eigenvalue weighted by molar-refractivity contribution is 0.0706. The van der Waals surface area contributed by atoms with Crippen LogP contribution in [0.5, 0.6) is 0 Å². The first-order valence-electron chi connectivity index (χ1n) is 5.73. The molecular weight excluding hydrogens is 162 g/mol. The van der Waals surface area contributed by atoms with Crippen LogP contribution in [0, 0.1) is 0 Å². The Balaban J connectivity index is 1.81. The molecule has 0 heterocycles. The van der Waals surface area contributed by atoms with Crippen molar-refractivity contribution in [3.63, 3.8) is 0 Å². The summed E-state index contributed by atoms with van der Waals surface area (Å²) in [5.74, 6) is 0. The van der Waals surface area contributed by atoms with Crippen molar-refractivity contribution in [1.82, 2.24) is 5.32 Å². The third-order valence-corrected chi connectivity index (χ3v) is 3.73. The van der Waals surface area contributed by atoms with Gasteiger partial charge in [-0.25, -0.2) is 0 Å². The van der Waals surface area contributed by atoms with Crippen LogP contribution in [0.25, 0.3) is 0 Å². The zero-order valence-electron chi connectivity index (χ0n) is 8.39. The Morgan fingerprint density at radius 3 is 2.23 bits per heavy atom. The van der Waals surface area contributed by atoms with Gasteiger partial charge in [0.05, 0.1) is 6.61 Å². The predicted octanol–water partition coefficient (Wildman–Crippen LogP) is 1.82. The lowest BCUT2D eigenvalue weighted by Crippen LogP contribution is -2.57. The van der Waals surface area contributed by atoms with Gasteiger partial charge in [0.15, 0.2) is 0 Å². The van der Waals surface area contributed by atoms with E-state index in [1.54, 1.807) is 0 Å². The summed E-state index contributed by atoms with van der Waals surface area (Å²) >= 11 is 0. The molecule has 76 valence electrons. The van der Waals surface area contributed by atoms with Crippen molar-refractivity contribution in [3.05, 3.63) is 0 Å². The summed E-state index contributed by atoms with van der Waals surface area (Å²) in [5, 5.41) is 13.0. The fourth-order valence-corrected chi connectivity index (χ4v) is 2.63. The van der Waals surface area contributed by atoms with E-state index in [0.29, 0.717) is 12.6 Å². The van der Waals surface area contributed by atoms with Crippen LogP contribution < -0.4 is 5.32 Å². The Morgan fingerprint density at radius 1 is 1.08 bits per heavy atom. The van der Waals surface area contributed by atoms with Crippen molar-refractivity contribution in [2.24, 2.45) is 0 Å². The van der Waals surface area contributed by atoms with Crippen molar-refractivity contribution in [2.75, 3.05) is 6.61 Å². The molecule has 2 aliphatic carbocycles. The minimum atomic E-state index is 0.127. The molecule has 0 aliphatic heterocycles. The maximum Gasteiger partial charge on any atom is 0.0613 e. The highest BCUT2D eigenvalue weighted by molar-refractivity contribution is 4.97. The first-order valence-corrected chi connectivity index (χ1v) is 5.73. The number of rotatable bonds is 3. The molecule has 0 bridgehead atoms. The summed E-state index contributed by atoms with van der Waals surface area (Å²) < 4.78 is 0. The lowest BCUT2D eigenvalue weighted by atomic mass is 9.76. The number of nitrogens with one attached hydrogen (secondary N) is 1. The summed E-state index contributed by atoms with van der Waals surface area (Å²) in [6, 6.07) is 0.696. The van der Waals surface area contributed by atoms with Crippen molar-refractivity contribution in [2.45, 2.75) is 62.9 Å². The molecule has 2 rings (SSSR count). The SMILES string of the molecule is OCC1(NC2CCCCC2)CCC1. The van der Waals surface area contributed by atoms with Crippen LogP contribution in [-0.2, 0) is 0 Å². The van der Waals surface area contributed by atoms with Crippen LogP contribution in [0.3, 0.4) is 0 Å². The number of aliphatic hydroxyl groups is 1. The smallest absolute Gasteiger partial charge is 0.0613 e. The fourth-order valence-electron chi connectivity index (χ4n) is 2.63.